The van der Waals surface area contributed by atoms with Crippen LogP contribution in [0.4, 0.5) is 13.2 Å². The van der Waals surface area contributed by atoms with Gasteiger partial charge in [0.05, 0.1) is 11.8 Å². The van der Waals surface area contributed by atoms with Gasteiger partial charge < -0.3 is 4.74 Å². The Morgan fingerprint density at radius 2 is 1.67 bits per heavy atom. The topological polar surface area (TPSA) is 9.23 Å². The van der Waals surface area contributed by atoms with Gasteiger partial charge in [-0.05, 0) is 42.3 Å². The van der Waals surface area contributed by atoms with Crippen molar-refractivity contribution in [3.63, 3.8) is 0 Å². The van der Waals surface area contributed by atoms with E-state index in [1.54, 1.807) is 6.26 Å². The van der Waals surface area contributed by atoms with Gasteiger partial charge in [-0.3, -0.25) is 0 Å². The zero-order chi connectivity index (χ0) is 19.3. The summed E-state index contributed by atoms with van der Waals surface area (Å²) < 4.78 is 44.1. The van der Waals surface area contributed by atoms with Gasteiger partial charge in [0.1, 0.15) is 6.10 Å². The van der Waals surface area contributed by atoms with Crippen molar-refractivity contribution in [3.8, 4) is 10.4 Å². The summed E-state index contributed by atoms with van der Waals surface area (Å²) in [5, 5.41) is 0. The first-order valence-electron chi connectivity index (χ1n) is 8.55. The van der Waals surface area contributed by atoms with Crippen LogP contribution < -0.4 is 0 Å². The summed E-state index contributed by atoms with van der Waals surface area (Å²) in [7, 11) is 0. The maximum absolute atomic E-state index is 12.7. The molecule has 0 bridgehead atoms. The van der Waals surface area contributed by atoms with E-state index in [-0.39, 0.29) is 6.10 Å². The monoisotopic (exact) mass is 388 g/mol. The first kappa shape index (κ1) is 19.2. The van der Waals surface area contributed by atoms with Crippen molar-refractivity contribution in [2.75, 3.05) is 0 Å². The van der Waals surface area contributed by atoms with Crippen LogP contribution in [0.25, 0.3) is 10.4 Å². The lowest BCUT2D eigenvalue weighted by Gasteiger charge is -2.15. The number of benzene rings is 2. The van der Waals surface area contributed by atoms with Crippen molar-refractivity contribution >= 4 is 11.3 Å². The lowest BCUT2D eigenvalue weighted by Crippen LogP contribution is -2.03. The van der Waals surface area contributed by atoms with Gasteiger partial charge >= 0.3 is 6.18 Å². The molecule has 0 aliphatic heterocycles. The average Bonchev–Trinajstić information content (AvgIpc) is 3.15. The zero-order valence-corrected chi connectivity index (χ0v) is 15.6. The van der Waals surface area contributed by atoms with E-state index in [1.807, 2.05) is 43.3 Å². The number of hydrogen-bond donors (Lipinski definition) is 0. The Morgan fingerprint density at radius 3 is 2.30 bits per heavy atom. The molecule has 140 valence electrons. The molecule has 3 aromatic rings. The van der Waals surface area contributed by atoms with Gasteiger partial charge in [-0.1, -0.05) is 48.5 Å². The van der Waals surface area contributed by atoms with E-state index in [9.17, 15) is 13.2 Å². The number of alkyl halides is 3. The zero-order valence-electron chi connectivity index (χ0n) is 14.7. The molecule has 1 atom stereocenters. The number of hydrogen-bond acceptors (Lipinski definition) is 2. The maximum Gasteiger partial charge on any atom is 0.416 e. The number of ether oxygens (including phenoxy) is 1. The molecule has 0 fully saturated rings. The number of thiophene rings is 1. The van der Waals surface area contributed by atoms with E-state index >= 15 is 0 Å². The molecule has 0 aliphatic carbocycles. The predicted octanol–water partition coefficient (Wildman–Crippen LogP) is 7.27. The van der Waals surface area contributed by atoms with Gasteiger partial charge in [-0.2, -0.15) is 13.2 Å². The van der Waals surface area contributed by atoms with Crippen molar-refractivity contribution < 1.29 is 17.9 Å². The summed E-state index contributed by atoms with van der Waals surface area (Å²) in [4.78, 5) is 1.95. The van der Waals surface area contributed by atoms with Crippen molar-refractivity contribution in [2.24, 2.45) is 0 Å². The lowest BCUT2D eigenvalue weighted by atomic mass is 10.1. The summed E-state index contributed by atoms with van der Waals surface area (Å²) in [5.41, 5.74) is 1.29. The Bertz CT molecular complexity index is 880. The third-order valence-corrected chi connectivity index (χ3v) is 5.31. The second-order valence-electron chi connectivity index (χ2n) is 6.06. The predicted molar refractivity (Wildman–Crippen MR) is 104 cm³/mol. The molecular weight excluding hydrogens is 369 g/mol. The van der Waals surface area contributed by atoms with E-state index in [0.717, 1.165) is 39.4 Å². The van der Waals surface area contributed by atoms with Crippen LogP contribution in [0.5, 0.6) is 0 Å². The molecule has 1 nitrogen and oxygen atoms in total. The molecule has 0 saturated heterocycles. The quantitative estimate of drug-likeness (QED) is 0.404. The average molecular weight is 388 g/mol. The van der Waals surface area contributed by atoms with Gasteiger partial charge in [-0.25, -0.2) is 0 Å². The highest BCUT2D eigenvalue weighted by atomic mass is 32.1. The third-order valence-electron chi connectivity index (χ3n) is 4.08. The summed E-state index contributed by atoms with van der Waals surface area (Å²) in [6, 6.07) is 19.2. The molecule has 0 aliphatic rings. The van der Waals surface area contributed by atoms with Crippen LogP contribution in [-0.4, -0.2) is 0 Å². The summed E-state index contributed by atoms with van der Waals surface area (Å²) in [5.74, 6) is 0. The molecule has 1 heterocycles. The molecule has 0 saturated carbocycles. The van der Waals surface area contributed by atoms with Gasteiger partial charge in [-0.15, -0.1) is 11.3 Å². The molecule has 0 radical (unpaired) electrons. The maximum atomic E-state index is 12.7. The van der Waals surface area contributed by atoms with E-state index in [0.29, 0.717) is 0 Å². The van der Waals surface area contributed by atoms with Crippen LogP contribution in [0.1, 0.15) is 29.0 Å². The van der Waals surface area contributed by atoms with Crippen LogP contribution in [0.2, 0.25) is 0 Å². The Labute approximate surface area is 160 Å². The fourth-order valence-electron chi connectivity index (χ4n) is 2.72. The molecule has 27 heavy (non-hydrogen) atoms. The SMILES string of the molecule is C/C=C/OC(Cc1ccccc1)c1ccc(-c2ccc(C(F)(F)F)cc2)s1. The minimum Gasteiger partial charge on any atom is -0.492 e. The Kier molecular flexibility index (Phi) is 6.01. The van der Waals surface area contributed by atoms with E-state index < -0.39 is 11.7 Å². The normalized spacial score (nSPS) is 13.0. The van der Waals surface area contributed by atoms with Gasteiger partial charge in [0.2, 0.25) is 0 Å². The number of rotatable bonds is 6. The Morgan fingerprint density at radius 1 is 0.963 bits per heavy atom. The van der Waals surface area contributed by atoms with Crippen LogP contribution in [0.3, 0.4) is 0 Å². The summed E-state index contributed by atoms with van der Waals surface area (Å²) in [6.45, 7) is 1.89. The van der Waals surface area contributed by atoms with Crippen LogP contribution in [0.15, 0.2) is 79.1 Å². The van der Waals surface area contributed by atoms with Crippen LogP contribution in [-0.2, 0) is 17.3 Å². The molecule has 1 aromatic heterocycles. The van der Waals surface area contributed by atoms with Gasteiger partial charge in [0, 0.05) is 16.2 Å². The molecule has 5 heteroatoms. The largest absolute Gasteiger partial charge is 0.492 e. The number of allylic oxidation sites excluding steroid dienone is 1. The summed E-state index contributed by atoms with van der Waals surface area (Å²) >= 11 is 1.54. The summed E-state index contributed by atoms with van der Waals surface area (Å²) in [6.07, 6.45) is -0.233. The van der Waals surface area contributed by atoms with Crippen molar-refractivity contribution in [1.29, 1.82) is 0 Å². The Hall–Kier alpha value is -2.53. The second-order valence-corrected chi connectivity index (χ2v) is 7.18. The fourth-order valence-corrected chi connectivity index (χ4v) is 3.77. The minimum absolute atomic E-state index is 0.142. The highest BCUT2D eigenvalue weighted by Gasteiger charge is 2.30. The lowest BCUT2D eigenvalue weighted by molar-refractivity contribution is -0.137. The van der Waals surface area contributed by atoms with Crippen molar-refractivity contribution in [2.45, 2.75) is 25.6 Å². The number of halogens is 3. The first-order valence-corrected chi connectivity index (χ1v) is 9.37. The Balaban J connectivity index is 1.82. The van der Waals surface area contributed by atoms with Crippen molar-refractivity contribution in [1.82, 2.24) is 0 Å². The van der Waals surface area contributed by atoms with Crippen molar-refractivity contribution in [3.05, 3.63) is 95.1 Å². The molecule has 0 N–H and O–H groups in total. The van der Waals surface area contributed by atoms with Gasteiger partial charge in [0.25, 0.3) is 0 Å². The highest BCUT2D eigenvalue weighted by Crippen LogP contribution is 2.36. The molecule has 1 unspecified atom stereocenters. The first-order chi connectivity index (χ1) is 13.0. The van der Waals surface area contributed by atoms with Crippen LogP contribution in [0, 0.1) is 0 Å². The standard InChI is InChI=1S/C22H19F3OS/c1-2-14-26-19(15-16-6-4-3-5-7-16)21-13-12-20(27-21)17-8-10-18(11-9-17)22(23,24)25/h2-14,19H,15H2,1H3/b14-2+. The molecular formula is C22H19F3OS. The van der Waals surface area contributed by atoms with E-state index in [4.69, 9.17) is 4.74 Å². The highest BCUT2D eigenvalue weighted by molar-refractivity contribution is 7.15. The van der Waals surface area contributed by atoms with Crippen LogP contribution >= 0.6 is 11.3 Å². The van der Waals surface area contributed by atoms with Gasteiger partial charge in [0.15, 0.2) is 0 Å². The third kappa shape index (κ3) is 5.01. The van der Waals surface area contributed by atoms with E-state index in [2.05, 4.69) is 12.1 Å². The molecule has 3 rings (SSSR count). The molecule has 0 amide bonds. The smallest absolute Gasteiger partial charge is 0.416 e. The van der Waals surface area contributed by atoms with E-state index in [1.165, 1.54) is 23.5 Å². The fraction of sp³-hybridized carbons (Fsp3) is 0.182. The molecule has 0 spiro atoms. The minimum atomic E-state index is -4.32. The molecule has 2 aromatic carbocycles. The second kappa shape index (κ2) is 8.44.